The van der Waals surface area contributed by atoms with Gasteiger partial charge < -0.3 is 19.9 Å². The number of carbonyl (C=O) groups excluding carboxylic acids is 2. The topological polar surface area (TPSA) is 140 Å². The molecule has 3 amide bonds. The van der Waals surface area contributed by atoms with Crippen LogP contribution >= 0.6 is 11.3 Å². The minimum absolute atomic E-state index is 0.00974. The minimum Gasteiger partial charge on any atom is -0.465 e. The first-order chi connectivity index (χ1) is 18.0. The maximum Gasteiger partial charge on any atom is 0.405 e. The smallest absolute Gasteiger partial charge is 0.405 e. The van der Waals surface area contributed by atoms with E-state index >= 15 is 0 Å². The molecular formula is C25H24F2N6O4S. The van der Waals surface area contributed by atoms with Gasteiger partial charge in [0, 0.05) is 25.6 Å². The van der Waals surface area contributed by atoms with Gasteiger partial charge in [0.05, 0.1) is 26.3 Å². The number of halogens is 2. The Hall–Kier alpha value is -4.31. The highest BCUT2D eigenvalue weighted by Gasteiger charge is 2.34. The predicted octanol–water partition coefficient (Wildman–Crippen LogP) is 4.24. The lowest BCUT2D eigenvalue weighted by atomic mass is 9.96. The fourth-order valence-corrected chi connectivity index (χ4v) is 4.96. The molecule has 1 saturated heterocycles. The van der Waals surface area contributed by atoms with Crippen molar-refractivity contribution >= 4 is 46.2 Å². The van der Waals surface area contributed by atoms with Crippen LogP contribution < -0.4 is 10.6 Å². The summed E-state index contributed by atoms with van der Waals surface area (Å²) < 4.78 is 27.7. The summed E-state index contributed by atoms with van der Waals surface area (Å²) in [5, 5.41) is 23.4. The molecule has 0 atom stereocenters. The van der Waals surface area contributed by atoms with Crippen molar-refractivity contribution in [2.24, 2.45) is 5.92 Å². The van der Waals surface area contributed by atoms with Crippen molar-refractivity contribution in [3.63, 3.8) is 0 Å². The Kier molecular flexibility index (Phi) is 7.45. The van der Waals surface area contributed by atoms with Gasteiger partial charge in [0.2, 0.25) is 5.95 Å². The van der Waals surface area contributed by atoms with Crippen LogP contribution in [0.25, 0.3) is 11.0 Å². The zero-order chi connectivity index (χ0) is 27.6. The molecule has 4 rings (SSSR count). The van der Waals surface area contributed by atoms with E-state index in [2.05, 4.69) is 15.6 Å². The maximum absolute atomic E-state index is 12.9. The average molecular weight is 543 g/mol. The van der Waals surface area contributed by atoms with Crippen LogP contribution in [0.2, 0.25) is 0 Å². The zero-order valence-corrected chi connectivity index (χ0v) is 21.3. The monoisotopic (exact) mass is 542 g/mol. The molecule has 1 aliphatic heterocycles. The van der Waals surface area contributed by atoms with Crippen molar-refractivity contribution in [1.29, 1.82) is 5.26 Å². The van der Waals surface area contributed by atoms with Gasteiger partial charge in [-0.3, -0.25) is 14.9 Å². The molecule has 198 valence electrons. The second kappa shape index (κ2) is 10.6. The number of aromatic nitrogens is 2. The van der Waals surface area contributed by atoms with Crippen LogP contribution in [0, 0.1) is 17.2 Å². The highest BCUT2D eigenvalue weighted by Crippen LogP contribution is 2.29. The van der Waals surface area contributed by atoms with Crippen LogP contribution in [0.3, 0.4) is 0 Å². The fraction of sp³-hybridized carbons (Fsp3) is 0.320. The summed E-state index contributed by atoms with van der Waals surface area (Å²) in [7, 11) is 0. The summed E-state index contributed by atoms with van der Waals surface area (Å²) in [6.07, 6.45) is -2.65. The van der Waals surface area contributed by atoms with E-state index in [-0.39, 0.29) is 27.2 Å². The van der Waals surface area contributed by atoms with Crippen LogP contribution in [0.5, 0.6) is 0 Å². The Morgan fingerprint density at radius 1 is 1.26 bits per heavy atom. The van der Waals surface area contributed by atoms with Gasteiger partial charge in [-0.25, -0.2) is 18.6 Å². The fourth-order valence-electron chi connectivity index (χ4n) is 4.21. The Labute approximate surface area is 220 Å². The first kappa shape index (κ1) is 26.7. The third-order valence-electron chi connectivity index (χ3n) is 5.92. The number of alkyl halides is 2. The van der Waals surface area contributed by atoms with Gasteiger partial charge in [-0.15, -0.1) is 11.3 Å². The van der Waals surface area contributed by atoms with E-state index in [4.69, 9.17) is 5.11 Å². The highest BCUT2D eigenvalue weighted by molar-refractivity contribution is 7.14. The van der Waals surface area contributed by atoms with Gasteiger partial charge in [0.15, 0.2) is 0 Å². The normalized spacial score (nSPS) is 14.3. The van der Waals surface area contributed by atoms with Crippen molar-refractivity contribution in [2.75, 3.05) is 18.4 Å². The molecule has 0 unspecified atom stereocenters. The van der Waals surface area contributed by atoms with Crippen LogP contribution in [0.15, 0.2) is 48.0 Å². The molecule has 3 aromatic rings. The molecule has 0 spiro atoms. The van der Waals surface area contributed by atoms with E-state index < -0.39 is 29.9 Å². The number of imidazole rings is 1. The number of hydrogen-bond donors (Lipinski definition) is 3. The molecule has 3 N–H and O–H groups in total. The molecule has 1 fully saturated rings. The Morgan fingerprint density at radius 3 is 2.61 bits per heavy atom. The zero-order valence-electron chi connectivity index (χ0n) is 20.4. The third-order valence-corrected chi connectivity index (χ3v) is 7.01. The van der Waals surface area contributed by atoms with E-state index in [1.807, 2.05) is 22.8 Å². The van der Waals surface area contributed by atoms with E-state index in [0.29, 0.717) is 36.5 Å². The quantitative estimate of drug-likeness (QED) is 0.287. The van der Waals surface area contributed by atoms with Gasteiger partial charge in [0.1, 0.15) is 11.6 Å². The molecule has 2 aromatic heterocycles. The SMILES string of the molecule is CC(C)(/C=C(\C#N)C(=O)N1CC(Cn2c(NC(=O)c3ccc(C(F)F)s3)nc3ccccc32)C1)NC(=O)O. The van der Waals surface area contributed by atoms with Gasteiger partial charge in [-0.2, -0.15) is 5.26 Å². The Bertz CT molecular complexity index is 1470. The molecule has 0 radical (unpaired) electrons. The molecule has 0 saturated carbocycles. The largest absolute Gasteiger partial charge is 0.465 e. The molecular weight excluding hydrogens is 518 g/mol. The number of nitrogens with one attached hydrogen (secondary N) is 2. The summed E-state index contributed by atoms with van der Waals surface area (Å²) in [5.41, 5.74) is 0.115. The first-order valence-corrected chi connectivity index (χ1v) is 12.4. The standard InChI is InChI=1S/C25H24F2N6O4S/c1-25(2,31-24(36)37)9-15(10-28)22(35)32-11-14(12-32)13-33-17-6-4-3-5-16(17)29-23(33)30-21(34)19-8-7-18(38-19)20(26)27/h3-9,14,20,31H,11-13H2,1-2H3,(H,36,37)(H,29,30,34)/b15-9+. The van der Waals surface area contributed by atoms with E-state index in [9.17, 15) is 28.4 Å². The van der Waals surface area contributed by atoms with Crippen molar-refractivity contribution < 1.29 is 28.3 Å². The maximum atomic E-state index is 12.9. The van der Waals surface area contributed by atoms with Crippen LogP contribution in [-0.4, -0.2) is 56.1 Å². The summed E-state index contributed by atoms with van der Waals surface area (Å²) in [5.74, 6) is -0.803. The van der Waals surface area contributed by atoms with Crippen molar-refractivity contribution in [3.8, 4) is 6.07 Å². The van der Waals surface area contributed by atoms with Crippen molar-refractivity contribution in [1.82, 2.24) is 19.8 Å². The molecule has 38 heavy (non-hydrogen) atoms. The molecule has 1 aromatic carbocycles. The first-order valence-electron chi connectivity index (χ1n) is 11.5. The Balaban J connectivity index is 1.47. The number of nitrogens with zero attached hydrogens (tertiary/aromatic N) is 4. The van der Waals surface area contributed by atoms with Gasteiger partial charge in [-0.1, -0.05) is 12.1 Å². The number of carbonyl (C=O) groups is 3. The molecule has 10 nitrogen and oxygen atoms in total. The van der Waals surface area contributed by atoms with E-state index in [0.717, 1.165) is 5.52 Å². The van der Waals surface area contributed by atoms with E-state index in [1.54, 1.807) is 12.1 Å². The molecule has 0 aliphatic carbocycles. The number of thiophene rings is 1. The number of rotatable bonds is 8. The predicted molar refractivity (Wildman–Crippen MR) is 136 cm³/mol. The van der Waals surface area contributed by atoms with Gasteiger partial charge in [0.25, 0.3) is 18.2 Å². The molecule has 0 bridgehead atoms. The number of likely N-dealkylation sites (tertiary alicyclic amines) is 1. The second-order valence-corrected chi connectivity index (χ2v) is 10.5. The van der Waals surface area contributed by atoms with Crippen LogP contribution in [0.1, 0.15) is 34.8 Å². The number of anilines is 1. The number of para-hydroxylation sites is 2. The molecule has 13 heteroatoms. The Morgan fingerprint density at radius 2 is 1.97 bits per heavy atom. The third kappa shape index (κ3) is 5.81. The van der Waals surface area contributed by atoms with Crippen molar-refractivity contribution in [2.45, 2.75) is 32.4 Å². The molecule has 3 heterocycles. The molecule has 1 aliphatic rings. The summed E-state index contributed by atoms with van der Waals surface area (Å²) in [6.45, 7) is 4.16. The number of hydrogen-bond acceptors (Lipinski definition) is 6. The van der Waals surface area contributed by atoms with Gasteiger partial charge in [-0.05, 0) is 44.2 Å². The van der Waals surface area contributed by atoms with Crippen LogP contribution in [-0.2, 0) is 11.3 Å². The summed E-state index contributed by atoms with van der Waals surface area (Å²) in [6, 6.07) is 11.7. The van der Waals surface area contributed by atoms with Gasteiger partial charge >= 0.3 is 6.09 Å². The lowest BCUT2D eigenvalue weighted by molar-refractivity contribution is -0.133. The lowest BCUT2D eigenvalue weighted by Gasteiger charge is -2.39. The number of amides is 3. The number of benzene rings is 1. The van der Waals surface area contributed by atoms with Crippen molar-refractivity contribution in [3.05, 3.63) is 57.8 Å². The number of carboxylic acid groups (broad SMARTS) is 1. The highest BCUT2D eigenvalue weighted by atomic mass is 32.1. The average Bonchev–Trinajstić information content (AvgIpc) is 3.44. The number of fused-ring (bicyclic) bond motifs is 1. The second-order valence-electron chi connectivity index (χ2n) is 9.39. The summed E-state index contributed by atoms with van der Waals surface area (Å²) in [4.78, 5) is 42.5. The summed E-state index contributed by atoms with van der Waals surface area (Å²) >= 11 is 0.714. The van der Waals surface area contributed by atoms with E-state index in [1.165, 1.54) is 37.0 Å². The van der Waals surface area contributed by atoms with Crippen LogP contribution in [0.4, 0.5) is 19.5 Å². The minimum atomic E-state index is -2.66. The lowest BCUT2D eigenvalue weighted by Crippen LogP contribution is -2.52. The number of nitriles is 1.